The molecule has 0 heterocycles. The van der Waals surface area contributed by atoms with Crippen molar-refractivity contribution < 1.29 is 0 Å². The summed E-state index contributed by atoms with van der Waals surface area (Å²) in [4.78, 5) is 0.298. The zero-order chi connectivity index (χ0) is 27.7. The molecule has 0 aliphatic rings. The first kappa shape index (κ1) is 30.6. The SMILES string of the molecule is CCP(CC)C(C)(C(P(c1ccccc1)c1ccccc1)P(c1ccccc1)c1ccccc1)P(CC)CC. The maximum atomic E-state index is 2.76. The Kier molecular flexibility index (Phi) is 11.8. The van der Waals surface area contributed by atoms with Gasteiger partial charge in [-0.1, -0.05) is 172 Å². The van der Waals surface area contributed by atoms with E-state index < -0.39 is 15.8 Å². The molecule has 0 radical (unpaired) electrons. The van der Waals surface area contributed by atoms with Crippen molar-refractivity contribution in [2.24, 2.45) is 0 Å². The predicted octanol–water partition coefficient (Wildman–Crippen LogP) is 9.34. The van der Waals surface area contributed by atoms with Gasteiger partial charge in [0.1, 0.15) is 0 Å². The lowest BCUT2D eigenvalue weighted by molar-refractivity contribution is 0.928. The maximum Gasteiger partial charge on any atom is 0.0287 e. The van der Waals surface area contributed by atoms with Gasteiger partial charge in [0, 0.05) is 10.3 Å². The number of hydrogen-bond donors (Lipinski definition) is 0. The van der Waals surface area contributed by atoms with Crippen molar-refractivity contribution in [3.05, 3.63) is 121 Å². The minimum atomic E-state index is -0.615. The lowest BCUT2D eigenvalue weighted by atomic mass is 10.4. The highest BCUT2D eigenvalue weighted by Gasteiger charge is 2.51. The molecule has 4 aromatic rings. The van der Waals surface area contributed by atoms with E-state index in [1.54, 1.807) is 0 Å². The topological polar surface area (TPSA) is 0 Å². The maximum absolute atomic E-state index is 2.76. The smallest absolute Gasteiger partial charge is 0.0287 e. The van der Waals surface area contributed by atoms with Crippen LogP contribution >= 0.6 is 31.7 Å². The Labute approximate surface area is 243 Å². The van der Waals surface area contributed by atoms with Crippen LogP contribution < -0.4 is 21.2 Å². The normalized spacial score (nSPS) is 12.3. The third kappa shape index (κ3) is 6.74. The van der Waals surface area contributed by atoms with Crippen LogP contribution in [0.5, 0.6) is 0 Å². The highest BCUT2D eigenvalue weighted by atomic mass is 31.2. The first-order valence-corrected chi connectivity index (χ1v) is 20.6. The van der Waals surface area contributed by atoms with Crippen LogP contribution in [-0.4, -0.2) is 34.9 Å². The van der Waals surface area contributed by atoms with E-state index in [-0.39, 0.29) is 15.8 Å². The van der Waals surface area contributed by atoms with E-state index in [0.29, 0.717) is 10.3 Å². The van der Waals surface area contributed by atoms with Crippen LogP contribution in [0.25, 0.3) is 0 Å². The summed E-state index contributed by atoms with van der Waals surface area (Å²) in [7, 11) is -1.55. The molecule has 0 nitrogen and oxygen atoms in total. The summed E-state index contributed by atoms with van der Waals surface area (Å²) in [6.07, 6.45) is 5.21. The van der Waals surface area contributed by atoms with Gasteiger partial charge in [-0.25, -0.2) is 0 Å². The first-order valence-electron chi connectivity index (χ1n) is 14.4. The molecule has 0 aromatic heterocycles. The van der Waals surface area contributed by atoms with Crippen molar-refractivity contribution in [2.75, 3.05) is 24.6 Å². The van der Waals surface area contributed by atoms with E-state index >= 15 is 0 Å². The van der Waals surface area contributed by atoms with Crippen LogP contribution in [0.1, 0.15) is 34.6 Å². The second-order valence-corrected chi connectivity index (χ2v) is 21.8. The molecule has 0 N–H and O–H groups in total. The summed E-state index contributed by atoms with van der Waals surface area (Å²) < 4.78 is 0. The molecule has 0 spiro atoms. The molecule has 4 aromatic carbocycles. The lowest BCUT2D eigenvalue weighted by Gasteiger charge is -2.54. The van der Waals surface area contributed by atoms with Gasteiger partial charge in [0.15, 0.2) is 0 Å². The number of benzene rings is 4. The summed E-state index contributed by atoms with van der Waals surface area (Å²) in [5, 5.41) is 6.66. The fraction of sp³-hybridized carbons (Fsp3) is 0.314. The van der Waals surface area contributed by atoms with E-state index in [0.717, 1.165) is 0 Å². The van der Waals surface area contributed by atoms with Gasteiger partial charge in [0.25, 0.3) is 0 Å². The van der Waals surface area contributed by atoms with Crippen molar-refractivity contribution in [2.45, 2.75) is 44.9 Å². The molecular formula is C35H44P4. The standard InChI is InChI=1S/C35H44P4/c1-6-36(7-2)35(5,37(8-3)9-4)34(38(30-22-14-10-15-23-30)31-24-16-11-17-25-31)39(32-26-18-12-19-27-32)33-28-20-13-21-29-33/h10-29,34H,6-9H2,1-5H3. The van der Waals surface area contributed by atoms with E-state index in [1.807, 2.05) is 0 Å². The Balaban J connectivity index is 2.13. The fourth-order valence-electron chi connectivity index (χ4n) is 6.08. The first-order chi connectivity index (χ1) is 19.1. The van der Waals surface area contributed by atoms with E-state index in [9.17, 15) is 0 Å². The molecular weight excluding hydrogens is 544 g/mol. The van der Waals surface area contributed by atoms with Crippen LogP contribution in [0.4, 0.5) is 0 Å². The third-order valence-corrected chi connectivity index (χ3v) is 23.4. The Morgan fingerprint density at radius 3 is 0.872 bits per heavy atom. The lowest BCUT2D eigenvalue weighted by Crippen LogP contribution is -2.43. The Hall–Kier alpha value is -1.40. The molecule has 0 saturated heterocycles. The van der Waals surface area contributed by atoms with E-state index in [1.165, 1.54) is 45.9 Å². The molecule has 0 atom stereocenters. The van der Waals surface area contributed by atoms with Gasteiger partial charge in [-0.2, -0.15) is 0 Å². The summed E-state index contributed by atoms with van der Waals surface area (Å²) in [6, 6.07) is 46.3. The molecule has 4 heteroatoms. The molecule has 204 valence electrons. The van der Waals surface area contributed by atoms with Gasteiger partial charge >= 0.3 is 0 Å². The van der Waals surface area contributed by atoms with Crippen molar-refractivity contribution in [1.82, 2.24) is 0 Å². The summed E-state index contributed by atoms with van der Waals surface area (Å²) >= 11 is 0. The van der Waals surface area contributed by atoms with Gasteiger partial charge in [0.2, 0.25) is 0 Å². The minimum Gasteiger partial charge on any atom is -0.0957 e. The van der Waals surface area contributed by atoms with Crippen LogP contribution in [0.15, 0.2) is 121 Å². The van der Waals surface area contributed by atoms with E-state index in [2.05, 4.69) is 156 Å². The predicted molar refractivity (Wildman–Crippen MR) is 186 cm³/mol. The largest absolute Gasteiger partial charge is 0.0957 e. The average Bonchev–Trinajstić information content (AvgIpc) is 3.00. The van der Waals surface area contributed by atoms with Crippen molar-refractivity contribution in [3.63, 3.8) is 0 Å². The highest BCUT2D eigenvalue weighted by molar-refractivity contribution is 7.92. The molecule has 39 heavy (non-hydrogen) atoms. The van der Waals surface area contributed by atoms with Crippen LogP contribution in [-0.2, 0) is 0 Å². The van der Waals surface area contributed by atoms with Crippen LogP contribution in [0, 0.1) is 0 Å². The van der Waals surface area contributed by atoms with E-state index in [4.69, 9.17) is 0 Å². The monoisotopic (exact) mass is 588 g/mol. The van der Waals surface area contributed by atoms with Crippen molar-refractivity contribution in [3.8, 4) is 0 Å². The third-order valence-electron chi connectivity index (χ3n) is 7.92. The summed E-state index contributed by atoms with van der Waals surface area (Å²) in [5.74, 6) is 0. The molecule has 0 unspecified atom stereocenters. The zero-order valence-corrected chi connectivity index (χ0v) is 27.8. The molecule has 0 bridgehead atoms. The highest BCUT2D eigenvalue weighted by Crippen LogP contribution is 2.77. The molecule has 0 aliphatic carbocycles. The molecule has 0 saturated carbocycles. The van der Waals surface area contributed by atoms with Crippen LogP contribution in [0.2, 0.25) is 0 Å². The summed E-state index contributed by atoms with van der Waals surface area (Å²) in [5.41, 5.74) is 0. The average molecular weight is 589 g/mol. The van der Waals surface area contributed by atoms with Gasteiger partial charge in [-0.05, 0) is 61.7 Å². The quantitative estimate of drug-likeness (QED) is 0.137. The Morgan fingerprint density at radius 2 is 0.667 bits per heavy atom. The van der Waals surface area contributed by atoms with Crippen molar-refractivity contribution in [1.29, 1.82) is 0 Å². The van der Waals surface area contributed by atoms with Gasteiger partial charge in [-0.15, -0.1) is 0 Å². The minimum absolute atomic E-state index is 0.157. The van der Waals surface area contributed by atoms with Gasteiger partial charge < -0.3 is 0 Å². The number of rotatable bonds is 13. The zero-order valence-electron chi connectivity index (χ0n) is 24.2. The Bertz CT molecular complexity index is 1050. The molecule has 4 rings (SSSR count). The van der Waals surface area contributed by atoms with Crippen molar-refractivity contribution >= 4 is 52.9 Å². The van der Waals surface area contributed by atoms with Gasteiger partial charge in [0.05, 0.1) is 0 Å². The Morgan fingerprint density at radius 1 is 0.436 bits per heavy atom. The second kappa shape index (κ2) is 15.0. The molecule has 0 fully saturated rings. The van der Waals surface area contributed by atoms with Gasteiger partial charge in [-0.3, -0.25) is 0 Å². The number of hydrogen-bond acceptors (Lipinski definition) is 0. The second-order valence-electron chi connectivity index (χ2n) is 9.89. The van der Waals surface area contributed by atoms with Crippen LogP contribution in [0.3, 0.4) is 0 Å². The fourth-order valence-corrected chi connectivity index (χ4v) is 24.0. The molecule has 0 amide bonds. The molecule has 0 aliphatic heterocycles. The summed E-state index contributed by atoms with van der Waals surface area (Å²) in [6.45, 7) is 12.7.